The van der Waals surface area contributed by atoms with E-state index in [1.54, 1.807) is 0 Å². The van der Waals surface area contributed by atoms with Gasteiger partial charge in [0.2, 0.25) is 0 Å². The molecule has 4 unspecified atom stereocenters. The van der Waals surface area contributed by atoms with Crippen molar-refractivity contribution in [1.29, 1.82) is 0 Å². The van der Waals surface area contributed by atoms with Gasteiger partial charge in [0.25, 0.3) is 0 Å². The van der Waals surface area contributed by atoms with Crippen LogP contribution in [0.25, 0.3) is 0 Å². The maximum absolute atomic E-state index is 13.2. The highest BCUT2D eigenvalue weighted by molar-refractivity contribution is 6.21. The molecule has 2 saturated carbocycles. The second-order valence-electron chi connectivity index (χ2n) is 7.17. The Morgan fingerprint density at radius 2 is 0.929 bits per heavy atom. The predicted octanol–water partition coefficient (Wildman–Crippen LogP) is -0.679. The average Bonchev–Trinajstić information content (AvgIpc) is 3.07. The number of carbonyl (C=O) groups excluding carboxylic acids is 6. The molecule has 0 bridgehead atoms. The summed E-state index contributed by atoms with van der Waals surface area (Å²) in [5.74, 6) is -11.9. The van der Waals surface area contributed by atoms with Crippen LogP contribution < -0.4 is 0 Å². The molecule has 0 aromatic heterocycles. The largest absolute Gasteiger partial charge is 0.468 e. The fourth-order valence-electron chi connectivity index (χ4n) is 4.76. The standard InChI is InChI=1S/C18H22O10/c1-17(15(23)27-5)9-7(13(21)25-3)12(20)18(2,16(24)28-6)10(9)8(11(17)19)14(22)26-4/h7-10H,1-6H3/t7?,8?,9?,10?,17-,18-/m0/s1. The number of ether oxygens (including phenoxy) is 4. The van der Waals surface area contributed by atoms with E-state index in [0.717, 1.165) is 28.4 Å². The summed E-state index contributed by atoms with van der Waals surface area (Å²) in [6.07, 6.45) is 0. The molecule has 0 aliphatic heterocycles. The molecule has 0 aromatic carbocycles. The summed E-state index contributed by atoms with van der Waals surface area (Å²) < 4.78 is 18.9. The molecule has 0 aromatic rings. The number of carbonyl (C=O) groups is 6. The van der Waals surface area contributed by atoms with Crippen LogP contribution in [0.15, 0.2) is 0 Å². The molecule has 10 heteroatoms. The first-order chi connectivity index (χ1) is 13.0. The number of rotatable bonds is 4. The van der Waals surface area contributed by atoms with Crippen LogP contribution in [-0.2, 0) is 47.7 Å². The number of hydrogen-bond acceptors (Lipinski definition) is 10. The van der Waals surface area contributed by atoms with Crippen LogP contribution in [-0.4, -0.2) is 63.9 Å². The number of Topliss-reactive ketones (excluding diaryl/α,β-unsaturated/α-hetero) is 2. The first-order valence-corrected chi connectivity index (χ1v) is 8.41. The smallest absolute Gasteiger partial charge is 0.319 e. The summed E-state index contributed by atoms with van der Waals surface area (Å²) in [6, 6.07) is 0. The van der Waals surface area contributed by atoms with Gasteiger partial charge >= 0.3 is 23.9 Å². The van der Waals surface area contributed by atoms with Gasteiger partial charge in [-0.25, -0.2) is 0 Å². The van der Waals surface area contributed by atoms with E-state index in [2.05, 4.69) is 0 Å². The summed E-state index contributed by atoms with van der Waals surface area (Å²) >= 11 is 0. The van der Waals surface area contributed by atoms with Gasteiger partial charge in [-0.1, -0.05) is 0 Å². The quantitative estimate of drug-likeness (QED) is 0.340. The van der Waals surface area contributed by atoms with Crippen LogP contribution in [0.1, 0.15) is 13.8 Å². The maximum Gasteiger partial charge on any atom is 0.319 e. The van der Waals surface area contributed by atoms with Crippen LogP contribution >= 0.6 is 0 Å². The number of ketones is 2. The zero-order valence-electron chi connectivity index (χ0n) is 16.4. The third kappa shape index (κ3) is 2.39. The molecular weight excluding hydrogens is 376 g/mol. The minimum absolute atomic E-state index is 0.891. The lowest BCUT2D eigenvalue weighted by Gasteiger charge is -2.30. The fraction of sp³-hybridized carbons (Fsp3) is 0.667. The van der Waals surface area contributed by atoms with E-state index in [0.29, 0.717) is 0 Å². The molecule has 0 saturated heterocycles. The molecule has 10 nitrogen and oxygen atoms in total. The van der Waals surface area contributed by atoms with Gasteiger partial charge in [0, 0.05) is 11.8 Å². The van der Waals surface area contributed by atoms with Crippen LogP contribution in [0.5, 0.6) is 0 Å². The lowest BCUT2D eigenvalue weighted by molar-refractivity contribution is -0.163. The van der Waals surface area contributed by atoms with E-state index in [9.17, 15) is 28.8 Å². The van der Waals surface area contributed by atoms with E-state index < -0.39 is 69.9 Å². The monoisotopic (exact) mass is 398 g/mol. The molecule has 2 fully saturated rings. The minimum Gasteiger partial charge on any atom is -0.468 e. The van der Waals surface area contributed by atoms with Crippen LogP contribution in [0.3, 0.4) is 0 Å². The van der Waals surface area contributed by atoms with Crippen LogP contribution in [0, 0.1) is 34.5 Å². The van der Waals surface area contributed by atoms with Crippen molar-refractivity contribution in [1.82, 2.24) is 0 Å². The van der Waals surface area contributed by atoms with E-state index in [1.807, 2.05) is 0 Å². The van der Waals surface area contributed by atoms with Crippen molar-refractivity contribution in [3.05, 3.63) is 0 Å². The SMILES string of the molecule is COC(=O)C1C(=O)[C@@](C)(C(=O)OC)C2C(C(=O)OC)C(=O)[C@@](C)(C(=O)OC)C12. The first kappa shape index (κ1) is 21.5. The minimum atomic E-state index is -2.04. The molecule has 28 heavy (non-hydrogen) atoms. The number of fused-ring (bicyclic) bond motifs is 1. The summed E-state index contributed by atoms with van der Waals surface area (Å²) in [7, 11) is 4.13. The lowest BCUT2D eigenvalue weighted by Crippen LogP contribution is -2.47. The highest BCUT2D eigenvalue weighted by atomic mass is 16.5. The van der Waals surface area contributed by atoms with E-state index >= 15 is 0 Å². The van der Waals surface area contributed by atoms with Crippen LogP contribution in [0.2, 0.25) is 0 Å². The van der Waals surface area contributed by atoms with Crippen molar-refractivity contribution in [3.63, 3.8) is 0 Å². The maximum atomic E-state index is 13.2. The number of methoxy groups -OCH3 is 4. The molecule has 0 heterocycles. The molecule has 0 amide bonds. The van der Waals surface area contributed by atoms with Gasteiger partial charge in [-0.15, -0.1) is 0 Å². The summed E-state index contributed by atoms with van der Waals surface area (Å²) in [5.41, 5.74) is -4.09. The lowest BCUT2D eigenvalue weighted by atomic mass is 9.71. The highest BCUT2D eigenvalue weighted by Crippen LogP contribution is 2.64. The Morgan fingerprint density at radius 1 is 0.643 bits per heavy atom. The second kappa shape index (κ2) is 6.99. The summed E-state index contributed by atoms with van der Waals surface area (Å²) in [4.78, 5) is 76.4. The van der Waals surface area contributed by atoms with E-state index in [-0.39, 0.29) is 0 Å². The van der Waals surface area contributed by atoms with E-state index in [1.165, 1.54) is 13.8 Å². The van der Waals surface area contributed by atoms with Crippen LogP contribution in [0.4, 0.5) is 0 Å². The van der Waals surface area contributed by atoms with Crippen molar-refractivity contribution in [3.8, 4) is 0 Å². The van der Waals surface area contributed by atoms with Crippen molar-refractivity contribution in [2.45, 2.75) is 13.8 Å². The summed E-state index contributed by atoms with van der Waals surface area (Å²) in [5, 5.41) is 0. The van der Waals surface area contributed by atoms with Gasteiger partial charge < -0.3 is 18.9 Å². The molecule has 2 aliphatic carbocycles. The van der Waals surface area contributed by atoms with Crippen molar-refractivity contribution in [2.75, 3.05) is 28.4 Å². The molecule has 154 valence electrons. The first-order valence-electron chi connectivity index (χ1n) is 8.41. The zero-order valence-corrected chi connectivity index (χ0v) is 16.4. The third-order valence-electron chi connectivity index (χ3n) is 6.16. The fourth-order valence-corrected chi connectivity index (χ4v) is 4.76. The van der Waals surface area contributed by atoms with Gasteiger partial charge in [0.1, 0.15) is 22.7 Å². The molecule has 6 atom stereocenters. The molecular formula is C18H22O10. The van der Waals surface area contributed by atoms with Gasteiger partial charge in [-0.05, 0) is 13.8 Å². The van der Waals surface area contributed by atoms with Gasteiger partial charge in [-0.2, -0.15) is 0 Å². The third-order valence-corrected chi connectivity index (χ3v) is 6.16. The molecule has 2 aliphatic rings. The van der Waals surface area contributed by atoms with Crippen molar-refractivity contribution >= 4 is 35.4 Å². The molecule has 2 rings (SSSR count). The zero-order chi connectivity index (χ0) is 21.6. The Bertz CT molecular complexity index is 706. The molecule has 0 N–H and O–H groups in total. The number of esters is 4. The Kier molecular flexibility index (Phi) is 5.37. The number of hydrogen-bond donors (Lipinski definition) is 0. The van der Waals surface area contributed by atoms with Gasteiger partial charge in [0.05, 0.1) is 28.4 Å². The predicted molar refractivity (Wildman–Crippen MR) is 88.3 cm³/mol. The Labute approximate surface area is 160 Å². The highest BCUT2D eigenvalue weighted by Gasteiger charge is 2.79. The van der Waals surface area contributed by atoms with Gasteiger partial charge in [-0.3, -0.25) is 28.8 Å². The molecule has 0 radical (unpaired) electrons. The van der Waals surface area contributed by atoms with Crippen molar-refractivity contribution < 1.29 is 47.7 Å². The Morgan fingerprint density at radius 3 is 1.14 bits per heavy atom. The Hall–Kier alpha value is -2.78. The Balaban J connectivity index is 2.87. The second-order valence-corrected chi connectivity index (χ2v) is 7.17. The topological polar surface area (TPSA) is 139 Å². The average molecular weight is 398 g/mol. The van der Waals surface area contributed by atoms with Crippen molar-refractivity contribution in [2.24, 2.45) is 34.5 Å². The normalized spacial score (nSPS) is 36.5. The molecule has 0 spiro atoms. The van der Waals surface area contributed by atoms with Gasteiger partial charge in [0.15, 0.2) is 11.6 Å². The van der Waals surface area contributed by atoms with E-state index in [4.69, 9.17) is 18.9 Å². The summed E-state index contributed by atoms with van der Waals surface area (Å²) in [6.45, 7) is 2.38.